The van der Waals surface area contributed by atoms with Crippen LogP contribution in [0.3, 0.4) is 0 Å². The molecule has 0 radical (unpaired) electrons. The van der Waals surface area contributed by atoms with Crippen molar-refractivity contribution in [2.24, 2.45) is 5.92 Å². The van der Waals surface area contributed by atoms with Gasteiger partial charge in [0.25, 0.3) is 5.91 Å². The largest absolute Gasteiger partial charge is 0.452 e. The highest BCUT2D eigenvalue weighted by Crippen LogP contribution is 2.27. The molecule has 4 nitrogen and oxygen atoms in total. The predicted octanol–water partition coefficient (Wildman–Crippen LogP) is 2.97. The molecule has 1 aromatic rings. The summed E-state index contributed by atoms with van der Waals surface area (Å²) in [6, 6.07) is 6.37. The second-order valence-corrected chi connectivity index (χ2v) is 7.39. The van der Waals surface area contributed by atoms with E-state index in [4.69, 9.17) is 4.74 Å². The van der Waals surface area contributed by atoms with E-state index >= 15 is 0 Å². The summed E-state index contributed by atoms with van der Waals surface area (Å²) in [5, 5.41) is 2.77. The van der Waals surface area contributed by atoms with Crippen LogP contribution in [-0.2, 0) is 27.2 Å². The van der Waals surface area contributed by atoms with Crippen LogP contribution in [0.25, 0.3) is 0 Å². The Morgan fingerprint density at radius 3 is 2.70 bits per heavy atom. The number of rotatable bonds is 7. The molecule has 5 heteroatoms. The van der Waals surface area contributed by atoms with E-state index in [1.54, 1.807) is 6.92 Å². The van der Waals surface area contributed by atoms with Gasteiger partial charge in [0.05, 0.1) is 5.75 Å². The summed E-state index contributed by atoms with van der Waals surface area (Å²) in [5.74, 6) is -0.00452. The summed E-state index contributed by atoms with van der Waals surface area (Å²) in [7, 11) is 0. The minimum atomic E-state index is -0.748. The molecule has 0 fully saturated rings. The van der Waals surface area contributed by atoms with Crippen LogP contribution in [0.15, 0.2) is 23.1 Å². The van der Waals surface area contributed by atoms with E-state index in [1.807, 2.05) is 13.8 Å². The van der Waals surface area contributed by atoms with Gasteiger partial charge in [0.15, 0.2) is 6.10 Å². The molecule has 1 aliphatic carbocycles. The van der Waals surface area contributed by atoms with E-state index in [9.17, 15) is 9.59 Å². The zero-order chi connectivity index (χ0) is 16.8. The molecule has 1 aliphatic rings. The van der Waals surface area contributed by atoms with Crippen molar-refractivity contribution >= 4 is 23.6 Å². The molecule has 1 aromatic carbocycles. The van der Waals surface area contributed by atoms with Crippen molar-refractivity contribution in [3.05, 3.63) is 29.3 Å². The maximum Gasteiger partial charge on any atom is 0.317 e. The number of ether oxygens (including phenoxy) is 1. The lowest BCUT2D eigenvalue weighted by Crippen LogP contribution is -2.37. The van der Waals surface area contributed by atoms with Crippen molar-refractivity contribution in [2.75, 3.05) is 12.3 Å². The lowest BCUT2D eigenvalue weighted by Gasteiger charge is -2.14. The first kappa shape index (κ1) is 17.9. The van der Waals surface area contributed by atoms with Crippen LogP contribution in [0.2, 0.25) is 0 Å². The van der Waals surface area contributed by atoms with Crippen LogP contribution in [-0.4, -0.2) is 30.3 Å². The molecule has 1 amide bonds. The fraction of sp³-hybridized carbons (Fsp3) is 0.556. The van der Waals surface area contributed by atoms with Gasteiger partial charge in [-0.25, -0.2) is 0 Å². The summed E-state index contributed by atoms with van der Waals surface area (Å²) in [6.07, 6.45) is 2.75. The summed E-state index contributed by atoms with van der Waals surface area (Å²) in [5.41, 5.74) is 2.82. The Hall–Kier alpha value is -1.49. The average Bonchev–Trinajstić information content (AvgIpc) is 2.98. The zero-order valence-electron chi connectivity index (χ0n) is 14.1. The normalized spacial score (nSPS) is 14.4. The molecule has 1 N–H and O–H groups in total. The molecule has 2 rings (SSSR count). The van der Waals surface area contributed by atoms with Crippen molar-refractivity contribution < 1.29 is 14.3 Å². The number of aryl methyl sites for hydroxylation is 2. The van der Waals surface area contributed by atoms with E-state index < -0.39 is 6.10 Å². The smallest absolute Gasteiger partial charge is 0.317 e. The van der Waals surface area contributed by atoms with Crippen molar-refractivity contribution in [2.45, 2.75) is 51.0 Å². The number of benzene rings is 1. The van der Waals surface area contributed by atoms with E-state index in [2.05, 4.69) is 23.5 Å². The number of amides is 1. The topological polar surface area (TPSA) is 55.4 Å². The maximum absolute atomic E-state index is 11.9. The second-order valence-electron chi connectivity index (χ2n) is 6.34. The number of fused-ring (bicyclic) bond motifs is 1. The van der Waals surface area contributed by atoms with Crippen LogP contribution < -0.4 is 5.32 Å². The third-order valence-corrected chi connectivity index (χ3v) is 4.76. The van der Waals surface area contributed by atoms with E-state index in [0.717, 1.165) is 17.7 Å². The SMILES string of the molecule is CC(C)CNC(=O)[C@@H](C)OC(=O)CSc1ccc2c(c1)CCC2. The molecule has 126 valence electrons. The van der Waals surface area contributed by atoms with Crippen LogP contribution in [0.5, 0.6) is 0 Å². The van der Waals surface area contributed by atoms with Crippen LogP contribution in [0.4, 0.5) is 0 Å². The Bertz CT molecular complexity index is 571. The molecule has 0 saturated carbocycles. The molecular weight excluding hydrogens is 310 g/mol. The lowest BCUT2D eigenvalue weighted by molar-refractivity contribution is -0.152. The summed E-state index contributed by atoms with van der Waals surface area (Å²) >= 11 is 1.46. The molecular formula is C18H25NO3S. The summed E-state index contributed by atoms with van der Waals surface area (Å²) in [6.45, 7) is 6.23. The number of hydrogen-bond acceptors (Lipinski definition) is 4. The van der Waals surface area contributed by atoms with Gasteiger partial charge in [0.1, 0.15) is 0 Å². The van der Waals surface area contributed by atoms with Crippen LogP contribution in [0.1, 0.15) is 38.3 Å². The zero-order valence-corrected chi connectivity index (χ0v) is 14.9. The second kappa shape index (κ2) is 8.39. The molecule has 0 aliphatic heterocycles. The highest BCUT2D eigenvalue weighted by Gasteiger charge is 2.18. The molecule has 0 aromatic heterocycles. The molecule has 0 saturated heterocycles. The fourth-order valence-electron chi connectivity index (χ4n) is 2.51. The Morgan fingerprint density at radius 1 is 1.22 bits per heavy atom. The Kier molecular flexibility index (Phi) is 6.51. The van der Waals surface area contributed by atoms with E-state index in [1.165, 1.54) is 29.3 Å². The highest BCUT2D eigenvalue weighted by atomic mass is 32.2. The molecule has 23 heavy (non-hydrogen) atoms. The van der Waals surface area contributed by atoms with E-state index in [0.29, 0.717) is 12.5 Å². The van der Waals surface area contributed by atoms with Crippen LogP contribution >= 0.6 is 11.8 Å². The average molecular weight is 335 g/mol. The third-order valence-electron chi connectivity index (χ3n) is 3.79. The maximum atomic E-state index is 11.9. The van der Waals surface area contributed by atoms with E-state index in [-0.39, 0.29) is 17.6 Å². The minimum absolute atomic E-state index is 0.223. The van der Waals surface area contributed by atoms with Gasteiger partial charge < -0.3 is 10.1 Å². The van der Waals surface area contributed by atoms with Gasteiger partial charge in [0, 0.05) is 11.4 Å². The van der Waals surface area contributed by atoms with Gasteiger partial charge in [0.2, 0.25) is 0 Å². The van der Waals surface area contributed by atoms with Gasteiger partial charge in [-0.2, -0.15) is 0 Å². The number of nitrogens with one attached hydrogen (secondary N) is 1. The molecule has 0 heterocycles. The molecule has 0 bridgehead atoms. The molecule has 0 spiro atoms. The Balaban J connectivity index is 1.75. The van der Waals surface area contributed by atoms with Gasteiger partial charge in [-0.1, -0.05) is 19.9 Å². The van der Waals surface area contributed by atoms with Crippen molar-refractivity contribution in [1.82, 2.24) is 5.32 Å². The fourth-order valence-corrected chi connectivity index (χ4v) is 3.26. The molecule has 0 unspecified atom stereocenters. The summed E-state index contributed by atoms with van der Waals surface area (Å²) in [4.78, 5) is 24.8. The highest BCUT2D eigenvalue weighted by molar-refractivity contribution is 8.00. The van der Waals surface area contributed by atoms with Crippen LogP contribution in [0, 0.1) is 5.92 Å². The van der Waals surface area contributed by atoms with Crippen molar-refractivity contribution in [3.63, 3.8) is 0 Å². The van der Waals surface area contributed by atoms with Gasteiger partial charge in [-0.05, 0) is 55.4 Å². The predicted molar refractivity (Wildman–Crippen MR) is 92.6 cm³/mol. The number of thioether (sulfide) groups is 1. The Labute approximate surface area is 142 Å². The van der Waals surface area contributed by atoms with Crippen molar-refractivity contribution in [3.8, 4) is 0 Å². The first-order chi connectivity index (χ1) is 11.0. The number of hydrogen-bond donors (Lipinski definition) is 1. The summed E-state index contributed by atoms with van der Waals surface area (Å²) < 4.78 is 5.19. The lowest BCUT2D eigenvalue weighted by atomic mass is 10.1. The number of carbonyl (C=O) groups excluding carboxylic acids is 2. The van der Waals surface area contributed by atoms with Gasteiger partial charge in [-0.15, -0.1) is 11.8 Å². The van der Waals surface area contributed by atoms with Gasteiger partial charge in [-0.3, -0.25) is 9.59 Å². The first-order valence-electron chi connectivity index (χ1n) is 8.17. The third kappa shape index (κ3) is 5.57. The number of esters is 1. The quantitative estimate of drug-likeness (QED) is 0.615. The first-order valence-corrected chi connectivity index (χ1v) is 9.16. The van der Waals surface area contributed by atoms with Crippen molar-refractivity contribution in [1.29, 1.82) is 0 Å². The monoisotopic (exact) mass is 335 g/mol. The standard InChI is InChI=1S/C18H25NO3S/c1-12(2)10-19-18(21)13(3)22-17(20)11-23-16-8-7-14-5-4-6-15(14)9-16/h7-9,12-13H,4-6,10-11H2,1-3H3,(H,19,21)/t13-/m1/s1. The Morgan fingerprint density at radius 2 is 1.96 bits per heavy atom. The van der Waals surface area contributed by atoms with Gasteiger partial charge >= 0.3 is 5.97 Å². The minimum Gasteiger partial charge on any atom is -0.452 e. The number of carbonyl (C=O) groups is 2. The molecule has 1 atom stereocenters.